The van der Waals surface area contributed by atoms with Crippen molar-refractivity contribution < 1.29 is 0 Å². The Morgan fingerprint density at radius 2 is 1.72 bits per heavy atom. The fourth-order valence-corrected chi connectivity index (χ4v) is 2.26. The van der Waals surface area contributed by atoms with E-state index in [9.17, 15) is 0 Å². The van der Waals surface area contributed by atoms with E-state index in [0.717, 1.165) is 10.9 Å². The molecule has 3 rings (SSSR count). The van der Waals surface area contributed by atoms with Gasteiger partial charge in [0.2, 0.25) is 0 Å². The number of allylic oxidation sites excluding steroid dienone is 3. The van der Waals surface area contributed by atoms with Crippen molar-refractivity contribution in [1.82, 2.24) is 0 Å². The number of benzene rings is 2. The Hall–Kier alpha value is -2.09. The second-order valence-corrected chi connectivity index (χ2v) is 4.37. The number of hydrogen-bond acceptors (Lipinski definition) is 1. The minimum atomic E-state index is -0.787. The molecule has 2 aromatic rings. The number of aliphatic imine (C=N–C) groups is 1. The topological polar surface area (TPSA) is 12.4 Å². The van der Waals surface area contributed by atoms with Crippen LogP contribution in [0.5, 0.6) is 0 Å². The van der Waals surface area contributed by atoms with Crippen molar-refractivity contribution in [1.29, 1.82) is 0 Å². The highest BCUT2D eigenvalue weighted by molar-refractivity contribution is 6.19. The van der Waals surface area contributed by atoms with Crippen molar-refractivity contribution >= 4 is 24.8 Å². The van der Waals surface area contributed by atoms with Crippen LogP contribution in [0.4, 0.5) is 0 Å². The van der Waals surface area contributed by atoms with Gasteiger partial charge in [0.25, 0.3) is 0 Å². The molecule has 1 nitrogen and oxygen atoms in total. The highest BCUT2D eigenvalue weighted by Crippen LogP contribution is 2.31. The first-order valence-corrected chi connectivity index (χ1v) is 5.96. The van der Waals surface area contributed by atoms with Crippen LogP contribution in [0.3, 0.4) is 0 Å². The van der Waals surface area contributed by atoms with Gasteiger partial charge in [0.1, 0.15) is 7.85 Å². The predicted octanol–water partition coefficient (Wildman–Crippen LogP) is 3.36. The lowest BCUT2D eigenvalue weighted by atomic mass is 9.71. The van der Waals surface area contributed by atoms with Gasteiger partial charge < -0.3 is 0 Å². The summed E-state index contributed by atoms with van der Waals surface area (Å²) in [6, 6.07) is 14.4. The fourth-order valence-electron chi connectivity index (χ4n) is 2.26. The van der Waals surface area contributed by atoms with Crippen molar-refractivity contribution in [3.63, 3.8) is 0 Å². The second-order valence-electron chi connectivity index (χ2n) is 4.37. The van der Waals surface area contributed by atoms with Crippen LogP contribution in [0.15, 0.2) is 71.8 Å². The Morgan fingerprint density at radius 3 is 2.67 bits per heavy atom. The van der Waals surface area contributed by atoms with Crippen molar-refractivity contribution in [2.75, 3.05) is 0 Å². The third kappa shape index (κ3) is 1.80. The summed E-state index contributed by atoms with van der Waals surface area (Å²) in [5, 5.41) is 2.33. The summed E-state index contributed by atoms with van der Waals surface area (Å²) in [6.45, 7) is 0. The molecule has 2 radical (unpaired) electrons. The SMILES string of the molecule is [B]C1(c2cccc3ccccc23)C=CC=CC=N1. The molecule has 2 aromatic carbocycles. The van der Waals surface area contributed by atoms with Gasteiger partial charge in [0, 0.05) is 6.21 Å². The molecule has 1 heterocycles. The molecule has 1 atom stereocenters. The normalized spacial score (nSPS) is 22.2. The molecular weight excluding hydrogens is 217 g/mol. The van der Waals surface area contributed by atoms with Gasteiger partial charge in [-0.1, -0.05) is 60.7 Å². The molecule has 0 aromatic heterocycles. The van der Waals surface area contributed by atoms with Gasteiger partial charge in [-0.05, 0) is 22.4 Å². The van der Waals surface area contributed by atoms with Crippen molar-refractivity contribution in [3.8, 4) is 0 Å². The van der Waals surface area contributed by atoms with Gasteiger partial charge in [-0.3, -0.25) is 4.99 Å². The van der Waals surface area contributed by atoms with Crippen LogP contribution in [0.2, 0.25) is 0 Å². The quantitative estimate of drug-likeness (QED) is 0.665. The van der Waals surface area contributed by atoms with Crippen LogP contribution in [-0.2, 0) is 5.44 Å². The first-order valence-electron chi connectivity index (χ1n) is 5.96. The second kappa shape index (κ2) is 4.30. The van der Waals surface area contributed by atoms with E-state index in [-0.39, 0.29) is 0 Å². The molecule has 0 bridgehead atoms. The number of rotatable bonds is 1. The Kier molecular flexibility index (Phi) is 2.64. The van der Waals surface area contributed by atoms with E-state index in [0.29, 0.717) is 0 Å². The molecule has 0 amide bonds. The minimum Gasteiger partial charge on any atom is -0.288 e. The molecule has 1 aliphatic heterocycles. The zero-order valence-corrected chi connectivity index (χ0v) is 9.95. The van der Waals surface area contributed by atoms with E-state index < -0.39 is 5.44 Å². The van der Waals surface area contributed by atoms with E-state index in [1.165, 1.54) is 5.39 Å². The first-order chi connectivity index (χ1) is 8.80. The monoisotopic (exact) mass is 229 g/mol. The number of fused-ring (bicyclic) bond motifs is 1. The molecule has 1 aliphatic rings. The summed E-state index contributed by atoms with van der Waals surface area (Å²) < 4.78 is 0. The fraction of sp³-hybridized carbons (Fsp3) is 0.0625. The van der Waals surface area contributed by atoms with Crippen molar-refractivity contribution in [2.45, 2.75) is 5.44 Å². The maximum Gasteiger partial charge on any atom is 0.119 e. The minimum absolute atomic E-state index is 0.787. The molecular formula is C16H12BN. The molecule has 0 aliphatic carbocycles. The lowest BCUT2D eigenvalue weighted by Gasteiger charge is -2.23. The zero-order valence-electron chi connectivity index (χ0n) is 9.95. The van der Waals surface area contributed by atoms with Crippen molar-refractivity contribution in [2.24, 2.45) is 4.99 Å². The van der Waals surface area contributed by atoms with Crippen LogP contribution in [0.25, 0.3) is 10.8 Å². The third-order valence-electron chi connectivity index (χ3n) is 3.17. The molecule has 0 saturated heterocycles. The van der Waals surface area contributed by atoms with Crippen LogP contribution >= 0.6 is 0 Å². The van der Waals surface area contributed by atoms with Crippen molar-refractivity contribution in [3.05, 3.63) is 72.3 Å². The molecule has 0 fully saturated rings. The van der Waals surface area contributed by atoms with Gasteiger partial charge in [-0.2, -0.15) is 0 Å². The summed E-state index contributed by atoms with van der Waals surface area (Å²) in [4.78, 5) is 4.45. The Labute approximate surface area is 108 Å². The lowest BCUT2D eigenvalue weighted by Crippen LogP contribution is -2.21. The highest BCUT2D eigenvalue weighted by Gasteiger charge is 2.23. The van der Waals surface area contributed by atoms with E-state index >= 15 is 0 Å². The Morgan fingerprint density at radius 1 is 0.889 bits per heavy atom. The van der Waals surface area contributed by atoms with Crippen LogP contribution in [-0.4, -0.2) is 14.1 Å². The number of nitrogens with zero attached hydrogens (tertiary/aromatic N) is 1. The molecule has 0 saturated carbocycles. The summed E-state index contributed by atoms with van der Waals surface area (Å²) in [5.74, 6) is 0. The molecule has 18 heavy (non-hydrogen) atoms. The van der Waals surface area contributed by atoms with Gasteiger partial charge >= 0.3 is 0 Å². The largest absolute Gasteiger partial charge is 0.288 e. The number of hydrogen-bond donors (Lipinski definition) is 0. The standard InChI is InChI=1S/C16H12BN/c17-16(11-4-1-5-12-18-16)15-10-6-8-13-7-2-3-9-14(13)15/h1-12H. The van der Waals surface area contributed by atoms with Gasteiger partial charge in [-0.15, -0.1) is 0 Å². The zero-order chi connectivity index (χ0) is 12.4. The first kappa shape index (κ1) is 11.0. The molecule has 84 valence electrons. The Bertz CT molecular complexity index is 646. The van der Waals surface area contributed by atoms with Crippen LogP contribution < -0.4 is 0 Å². The summed E-state index contributed by atoms with van der Waals surface area (Å²) in [6.07, 6.45) is 9.44. The Balaban J connectivity index is 2.26. The highest BCUT2D eigenvalue weighted by atomic mass is 14.8. The van der Waals surface area contributed by atoms with E-state index in [1.54, 1.807) is 6.21 Å². The van der Waals surface area contributed by atoms with E-state index in [2.05, 4.69) is 23.2 Å². The molecule has 0 N–H and O–H groups in total. The maximum absolute atomic E-state index is 6.42. The molecule has 0 spiro atoms. The average Bonchev–Trinajstić information content (AvgIpc) is 2.64. The average molecular weight is 229 g/mol. The summed E-state index contributed by atoms with van der Waals surface area (Å²) in [5.41, 5.74) is 0.237. The van der Waals surface area contributed by atoms with Gasteiger partial charge in [0.15, 0.2) is 0 Å². The summed E-state index contributed by atoms with van der Waals surface area (Å²) >= 11 is 0. The summed E-state index contributed by atoms with van der Waals surface area (Å²) in [7, 11) is 6.42. The van der Waals surface area contributed by atoms with Crippen LogP contribution in [0.1, 0.15) is 5.56 Å². The maximum atomic E-state index is 6.42. The predicted molar refractivity (Wildman–Crippen MR) is 78.2 cm³/mol. The lowest BCUT2D eigenvalue weighted by molar-refractivity contribution is 0.828. The van der Waals surface area contributed by atoms with Crippen LogP contribution in [0, 0.1) is 0 Å². The smallest absolute Gasteiger partial charge is 0.119 e. The van der Waals surface area contributed by atoms with E-state index in [1.807, 2.05) is 48.6 Å². The third-order valence-corrected chi connectivity index (χ3v) is 3.17. The molecule has 2 heteroatoms. The van der Waals surface area contributed by atoms with E-state index in [4.69, 9.17) is 7.85 Å². The van der Waals surface area contributed by atoms with Gasteiger partial charge in [0.05, 0.1) is 5.44 Å². The molecule has 1 unspecified atom stereocenters. The van der Waals surface area contributed by atoms with Gasteiger partial charge in [-0.25, -0.2) is 0 Å².